The Kier molecular flexibility index (Phi) is 5.93. The maximum Gasteiger partial charge on any atom is 0.404 e. The van der Waals surface area contributed by atoms with E-state index in [1.54, 1.807) is 33.6 Å². The summed E-state index contributed by atoms with van der Waals surface area (Å²) in [4.78, 5) is 8.15. The van der Waals surface area contributed by atoms with E-state index in [0.29, 0.717) is 22.5 Å². The number of fused-ring (bicyclic) bond motifs is 1. The zero-order valence-corrected chi connectivity index (χ0v) is 18.8. The van der Waals surface area contributed by atoms with Crippen molar-refractivity contribution in [3.05, 3.63) is 54.4 Å². The topological polar surface area (TPSA) is 110 Å². The van der Waals surface area contributed by atoms with Gasteiger partial charge in [-0.1, -0.05) is 13.0 Å². The van der Waals surface area contributed by atoms with Crippen LogP contribution in [0.15, 0.2) is 53.7 Å². The third kappa shape index (κ3) is 4.04. The number of alkyl halides is 3. The van der Waals surface area contributed by atoms with Gasteiger partial charge in [-0.3, -0.25) is 9.55 Å². The van der Waals surface area contributed by atoms with Crippen molar-refractivity contribution in [2.24, 2.45) is 0 Å². The highest BCUT2D eigenvalue weighted by Crippen LogP contribution is 2.37. The molecule has 0 aromatic carbocycles. The van der Waals surface area contributed by atoms with Crippen molar-refractivity contribution in [1.29, 1.82) is 5.26 Å². The fraction of sp³-hybridized carbons (Fsp3) is 0.227. The van der Waals surface area contributed by atoms with Crippen molar-refractivity contribution in [3.63, 3.8) is 0 Å². The number of nitriles is 1. The van der Waals surface area contributed by atoms with Crippen molar-refractivity contribution in [2.75, 3.05) is 7.11 Å². The predicted octanol–water partition coefficient (Wildman–Crippen LogP) is 4.01. The molecule has 1 N–H and O–H groups in total. The zero-order chi connectivity index (χ0) is 24.7. The summed E-state index contributed by atoms with van der Waals surface area (Å²) in [5, 5.41) is 10.4. The highest BCUT2D eigenvalue weighted by molar-refractivity contribution is 7.89. The number of hydrogen-bond donors (Lipinski definition) is 1. The molecule has 3 aromatic rings. The normalized spacial score (nSPS) is 14.4. The number of pyridine rings is 2. The van der Waals surface area contributed by atoms with Gasteiger partial charge in [0.15, 0.2) is 0 Å². The number of allylic oxidation sites excluding steroid dienone is 4. The minimum absolute atomic E-state index is 0.243. The molecule has 3 heterocycles. The van der Waals surface area contributed by atoms with E-state index in [9.17, 15) is 26.9 Å². The molecule has 34 heavy (non-hydrogen) atoms. The number of sulfonamides is 1. The van der Waals surface area contributed by atoms with Crippen molar-refractivity contribution in [2.45, 2.75) is 30.5 Å². The lowest BCUT2D eigenvalue weighted by Crippen LogP contribution is -2.44. The summed E-state index contributed by atoms with van der Waals surface area (Å²) < 4.78 is 72.8. The molecule has 0 bridgehead atoms. The highest BCUT2D eigenvalue weighted by Gasteiger charge is 2.41. The van der Waals surface area contributed by atoms with Gasteiger partial charge in [-0.2, -0.15) is 23.2 Å². The van der Waals surface area contributed by atoms with Gasteiger partial charge in [-0.05, 0) is 36.8 Å². The molecule has 1 aliphatic carbocycles. The van der Waals surface area contributed by atoms with Crippen LogP contribution in [0.25, 0.3) is 28.1 Å². The summed E-state index contributed by atoms with van der Waals surface area (Å²) in [5.41, 5.74) is 2.06. The fourth-order valence-electron chi connectivity index (χ4n) is 3.51. The van der Waals surface area contributed by atoms with Crippen LogP contribution >= 0.6 is 0 Å². The number of ether oxygens (including phenoxy) is 1. The molecule has 0 saturated heterocycles. The van der Waals surface area contributed by atoms with Gasteiger partial charge in [0.2, 0.25) is 10.0 Å². The third-order valence-electron chi connectivity index (χ3n) is 5.31. The third-order valence-corrected chi connectivity index (χ3v) is 6.77. The molecule has 1 aliphatic rings. The Labute approximate surface area is 193 Å². The van der Waals surface area contributed by atoms with Gasteiger partial charge >= 0.3 is 6.18 Å². The molecule has 0 spiro atoms. The summed E-state index contributed by atoms with van der Waals surface area (Å²) in [6.45, 7) is 1.23. The molecule has 0 radical (unpaired) electrons. The molecule has 12 heteroatoms. The van der Waals surface area contributed by atoms with Gasteiger partial charge in [0, 0.05) is 17.3 Å². The predicted molar refractivity (Wildman–Crippen MR) is 118 cm³/mol. The minimum Gasteiger partial charge on any atom is -0.495 e. The van der Waals surface area contributed by atoms with Gasteiger partial charge < -0.3 is 4.74 Å². The van der Waals surface area contributed by atoms with Crippen LogP contribution in [0.1, 0.15) is 18.9 Å². The standard InChI is InChI=1S/C22H18F3N5O3S/c1-3-19(22(23,24)25)29-34(31,32)15-7-8-18(27-12-15)20-17(10-26)16-9-14(33-2)11-28-21(16)30(20)13-5-4-6-13/h4-9,11-12,19,29H,3H2,1-2H3/t19-/m0/s1. The number of aromatic nitrogens is 3. The summed E-state index contributed by atoms with van der Waals surface area (Å²) in [6, 6.07) is 4.08. The Morgan fingerprint density at radius 3 is 2.50 bits per heavy atom. The molecule has 0 fully saturated rings. The molecule has 0 unspecified atom stereocenters. The second-order valence-corrected chi connectivity index (χ2v) is 9.08. The van der Waals surface area contributed by atoms with Crippen LogP contribution in [0.2, 0.25) is 0 Å². The van der Waals surface area contributed by atoms with E-state index in [-0.39, 0.29) is 11.3 Å². The second kappa shape index (κ2) is 8.58. The van der Waals surface area contributed by atoms with Gasteiger partial charge in [0.25, 0.3) is 0 Å². The molecule has 3 aromatic heterocycles. The lowest BCUT2D eigenvalue weighted by molar-refractivity contribution is -0.151. The summed E-state index contributed by atoms with van der Waals surface area (Å²) >= 11 is 0. The van der Waals surface area contributed by atoms with Crippen LogP contribution < -0.4 is 9.46 Å². The lowest BCUT2D eigenvalue weighted by atomic mass is 10.1. The monoisotopic (exact) mass is 489 g/mol. The Morgan fingerprint density at radius 2 is 2.00 bits per heavy atom. The lowest BCUT2D eigenvalue weighted by Gasteiger charge is -2.20. The zero-order valence-electron chi connectivity index (χ0n) is 18.0. The first-order chi connectivity index (χ1) is 16.1. The summed E-state index contributed by atoms with van der Waals surface area (Å²) in [6.07, 6.45) is 2.70. The van der Waals surface area contributed by atoms with E-state index in [2.05, 4.69) is 16.0 Å². The molecule has 0 saturated carbocycles. The smallest absolute Gasteiger partial charge is 0.404 e. The van der Waals surface area contributed by atoms with Crippen LogP contribution in [0.5, 0.6) is 5.75 Å². The number of rotatable bonds is 7. The van der Waals surface area contributed by atoms with E-state index in [1.165, 1.54) is 26.3 Å². The van der Waals surface area contributed by atoms with Crippen molar-refractivity contribution < 1.29 is 26.3 Å². The molecular formula is C22H18F3N5O3S. The van der Waals surface area contributed by atoms with Gasteiger partial charge in [-0.15, -0.1) is 0 Å². The van der Waals surface area contributed by atoms with Crippen LogP contribution in [0, 0.1) is 11.3 Å². The maximum absolute atomic E-state index is 13.0. The average molecular weight is 489 g/mol. The number of methoxy groups -OCH3 is 1. The first-order valence-corrected chi connectivity index (χ1v) is 11.5. The molecular weight excluding hydrogens is 471 g/mol. The number of halogens is 3. The van der Waals surface area contributed by atoms with Crippen molar-refractivity contribution in [3.8, 4) is 23.2 Å². The number of nitrogens with zero attached hydrogens (tertiary/aromatic N) is 4. The van der Waals surface area contributed by atoms with E-state index in [4.69, 9.17) is 4.74 Å². The van der Waals surface area contributed by atoms with E-state index >= 15 is 0 Å². The Hall–Kier alpha value is -3.69. The van der Waals surface area contributed by atoms with Gasteiger partial charge in [0.05, 0.1) is 30.3 Å². The Morgan fingerprint density at radius 1 is 1.26 bits per heavy atom. The summed E-state index contributed by atoms with van der Waals surface area (Å²) in [5.74, 6) is 0.446. The van der Waals surface area contributed by atoms with E-state index in [0.717, 1.165) is 18.0 Å². The van der Waals surface area contributed by atoms with Crippen LogP contribution in [0.3, 0.4) is 0 Å². The molecule has 1 atom stereocenters. The Balaban J connectivity index is 1.81. The van der Waals surface area contributed by atoms with Crippen molar-refractivity contribution in [1.82, 2.24) is 19.3 Å². The number of hydrogen-bond acceptors (Lipinski definition) is 6. The van der Waals surface area contributed by atoms with Crippen molar-refractivity contribution >= 4 is 26.8 Å². The second-order valence-electron chi connectivity index (χ2n) is 7.37. The van der Waals surface area contributed by atoms with Gasteiger partial charge in [0.1, 0.15) is 28.4 Å². The molecule has 8 nitrogen and oxygen atoms in total. The number of nitrogens with one attached hydrogen (secondary N) is 1. The molecule has 0 aliphatic heterocycles. The maximum atomic E-state index is 13.0. The first kappa shape index (κ1) is 23.5. The van der Waals surface area contributed by atoms with Gasteiger partial charge in [-0.25, -0.2) is 13.4 Å². The van der Waals surface area contributed by atoms with Crippen LogP contribution in [0.4, 0.5) is 13.2 Å². The molecule has 176 valence electrons. The van der Waals surface area contributed by atoms with Crippen LogP contribution in [-0.4, -0.2) is 42.3 Å². The quantitative estimate of drug-likeness (QED) is 0.537. The molecule has 4 rings (SSSR count). The minimum atomic E-state index is -4.73. The Bertz CT molecular complexity index is 1470. The van der Waals surface area contributed by atoms with E-state index in [1.807, 2.05) is 0 Å². The van der Waals surface area contributed by atoms with Crippen LogP contribution in [-0.2, 0) is 10.0 Å². The average Bonchev–Trinajstić information content (AvgIpc) is 3.08. The summed E-state index contributed by atoms with van der Waals surface area (Å²) in [7, 11) is -3.01. The van der Waals surface area contributed by atoms with E-state index < -0.39 is 33.6 Å². The first-order valence-electron chi connectivity index (χ1n) is 10.0. The largest absolute Gasteiger partial charge is 0.495 e. The highest BCUT2D eigenvalue weighted by atomic mass is 32.2. The molecule has 0 amide bonds. The fourth-order valence-corrected chi connectivity index (χ4v) is 4.76. The SMILES string of the molecule is CC[C@H](NS(=O)(=O)c1ccc(-c2c(C#N)c3cc(OC)cnc3n2C2=CC=C2)nc1)C(F)(F)F.